The van der Waals surface area contributed by atoms with E-state index in [1.165, 1.54) is 0 Å². The van der Waals surface area contributed by atoms with Crippen LogP contribution in [-0.4, -0.2) is 31.5 Å². The Morgan fingerprint density at radius 2 is 2.14 bits per heavy atom. The molecule has 2 radical (unpaired) electrons. The Morgan fingerprint density at radius 3 is 2.90 bits per heavy atom. The minimum absolute atomic E-state index is 0.0222. The van der Waals surface area contributed by atoms with Gasteiger partial charge in [-0.05, 0) is 24.0 Å². The van der Waals surface area contributed by atoms with Crippen molar-refractivity contribution in [3.8, 4) is 5.75 Å². The zero-order valence-electron chi connectivity index (χ0n) is 11.8. The van der Waals surface area contributed by atoms with Crippen molar-refractivity contribution in [1.29, 1.82) is 0 Å². The molecule has 0 bridgehead atoms. The first-order chi connectivity index (χ1) is 10.1. The molecule has 106 valence electrons. The number of nitrogens with one attached hydrogen (secondary N) is 2. The van der Waals surface area contributed by atoms with Gasteiger partial charge in [0.05, 0.1) is 12.3 Å². The van der Waals surface area contributed by atoms with E-state index in [1.807, 2.05) is 6.92 Å². The highest BCUT2D eigenvalue weighted by molar-refractivity contribution is 6.35. The van der Waals surface area contributed by atoms with Crippen LogP contribution >= 0.6 is 0 Å². The van der Waals surface area contributed by atoms with Crippen molar-refractivity contribution in [2.75, 3.05) is 24.3 Å². The van der Waals surface area contributed by atoms with Gasteiger partial charge in [-0.1, -0.05) is 0 Å². The molecule has 7 heteroatoms. The molecule has 3 rings (SSSR count). The number of aryl methyl sites for hydroxylation is 1. The quantitative estimate of drug-likeness (QED) is 0.835. The summed E-state index contributed by atoms with van der Waals surface area (Å²) in [6.45, 7) is 2.36. The van der Waals surface area contributed by atoms with Gasteiger partial charge in [-0.3, -0.25) is 0 Å². The highest BCUT2D eigenvalue weighted by Crippen LogP contribution is 2.29. The van der Waals surface area contributed by atoms with E-state index in [0.717, 1.165) is 11.3 Å². The molecule has 0 aliphatic carbocycles. The Bertz CT molecular complexity index is 708. The first-order valence-electron chi connectivity index (χ1n) is 6.62. The van der Waals surface area contributed by atoms with E-state index in [2.05, 4.69) is 20.6 Å². The minimum atomic E-state index is -0.549. The van der Waals surface area contributed by atoms with Crippen molar-refractivity contribution in [1.82, 2.24) is 9.97 Å². The van der Waals surface area contributed by atoms with Crippen molar-refractivity contribution in [3.63, 3.8) is 0 Å². The number of hydrogen-bond acceptors (Lipinski definition) is 5. The molecule has 0 amide bonds. The fourth-order valence-electron chi connectivity index (χ4n) is 2.30. The molecule has 0 fully saturated rings. The molecule has 2 aromatic rings. The van der Waals surface area contributed by atoms with E-state index in [-0.39, 0.29) is 11.2 Å². The van der Waals surface area contributed by atoms with Crippen LogP contribution in [0.3, 0.4) is 0 Å². The van der Waals surface area contributed by atoms with E-state index >= 15 is 0 Å². The Balaban J connectivity index is 1.99. The van der Waals surface area contributed by atoms with Gasteiger partial charge in [0.15, 0.2) is 0 Å². The molecule has 0 spiro atoms. The molecule has 0 saturated carbocycles. The van der Waals surface area contributed by atoms with E-state index in [9.17, 15) is 4.39 Å². The van der Waals surface area contributed by atoms with Gasteiger partial charge in [-0.15, -0.1) is 0 Å². The van der Waals surface area contributed by atoms with Crippen LogP contribution in [0.25, 0.3) is 0 Å². The average Bonchev–Trinajstić information content (AvgIpc) is 2.92. The summed E-state index contributed by atoms with van der Waals surface area (Å²) in [5.41, 5.74) is 1.94. The number of rotatable bonds is 3. The number of nitrogens with zero attached hydrogens (tertiary/aromatic N) is 2. The maximum absolute atomic E-state index is 14.3. The largest absolute Gasteiger partial charge is 0.493 e. The molecule has 21 heavy (non-hydrogen) atoms. The number of ether oxygens (including phenoxy) is 1. The lowest BCUT2D eigenvalue weighted by molar-refractivity contribution is 0.358. The van der Waals surface area contributed by atoms with Gasteiger partial charge in [0.1, 0.15) is 25.2 Å². The lowest BCUT2D eigenvalue weighted by atomic mass is 9.91. The normalized spacial score (nSPS) is 12.7. The highest BCUT2D eigenvalue weighted by Gasteiger charge is 2.20. The molecule has 1 aliphatic rings. The van der Waals surface area contributed by atoms with Crippen LogP contribution in [0.5, 0.6) is 5.75 Å². The van der Waals surface area contributed by atoms with Crippen molar-refractivity contribution < 1.29 is 9.13 Å². The molecule has 0 unspecified atom stereocenters. The third-order valence-corrected chi connectivity index (χ3v) is 3.30. The molecule has 1 aromatic heterocycles. The first-order valence-corrected chi connectivity index (χ1v) is 6.62. The molecule has 0 atom stereocenters. The molecule has 2 N–H and O–H groups in total. The zero-order valence-corrected chi connectivity index (χ0v) is 11.8. The Labute approximate surface area is 123 Å². The van der Waals surface area contributed by atoms with Crippen molar-refractivity contribution >= 4 is 30.8 Å². The van der Waals surface area contributed by atoms with E-state index < -0.39 is 5.82 Å². The monoisotopic (exact) mass is 284 g/mol. The Kier molecular flexibility index (Phi) is 3.41. The summed E-state index contributed by atoms with van der Waals surface area (Å²) in [7, 11) is 7.54. The van der Waals surface area contributed by atoms with Gasteiger partial charge in [-0.25, -0.2) is 9.37 Å². The number of fused-ring (bicyclic) bond motifs is 1. The predicted octanol–water partition coefficient (Wildman–Crippen LogP) is 1.44. The van der Waals surface area contributed by atoms with E-state index in [0.29, 0.717) is 30.5 Å². The van der Waals surface area contributed by atoms with Crippen molar-refractivity contribution in [2.45, 2.75) is 13.3 Å². The van der Waals surface area contributed by atoms with Crippen LogP contribution in [0.15, 0.2) is 12.1 Å². The lowest BCUT2D eigenvalue weighted by Gasteiger charge is -2.13. The first kappa shape index (κ1) is 13.7. The molecular weight excluding hydrogens is 270 g/mol. The summed E-state index contributed by atoms with van der Waals surface area (Å²) in [4.78, 5) is 8.48. The summed E-state index contributed by atoms with van der Waals surface area (Å²) < 4.78 is 19.6. The molecular formula is C14H14BFN4O. The second-order valence-electron chi connectivity index (χ2n) is 4.83. The molecule has 2 heterocycles. The smallest absolute Gasteiger partial charge is 0.229 e. The maximum Gasteiger partial charge on any atom is 0.229 e. The average molecular weight is 284 g/mol. The van der Waals surface area contributed by atoms with Crippen LogP contribution in [0.2, 0.25) is 0 Å². The molecule has 5 nitrogen and oxygen atoms in total. The topological polar surface area (TPSA) is 59.1 Å². The van der Waals surface area contributed by atoms with Crippen LogP contribution in [0.1, 0.15) is 11.3 Å². The van der Waals surface area contributed by atoms with Gasteiger partial charge < -0.3 is 15.4 Å². The fourth-order valence-corrected chi connectivity index (χ4v) is 2.30. The van der Waals surface area contributed by atoms with Gasteiger partial charge in [-0.2, -0.15) is 4.98 Å². The summed E-state index contributed by atoms with van der Waals surface area (Å²) in [5.74, 6) is 0.866. The summed E-state index contributed by atoms with van der Waals surface area (Å²) in [5, 5.41) is 5.82. The van der Waals surface area contributed by atoms with Gasteiger partial charge >= 0.3 is 0 Å². The third kappa shape index (κ3) is 2.51. The number of aromatic nitrogens is 2. The van der Waals surface area contributed by atoms with Crippen LogP contribution in [0.4, 0.5) is 21.8 Å². The molecule has 1 aromatic carbocycles. The Morgan fingerprint density at radius 1 is 1.33 bits per heavy atom. The predicted molar refractivity (Wildman–Crippen MR) is 80.6 cm³/mol. The standard InChI is InChI=1S/C14H14BFN4O/c1-7-5-10(17-2)20-14(18-7)19-9-6-8-3-4-21-13(8)11(15)12(9)16/h5-6H,3-4H2,1-2H3,(H2,17,18,19,20). The molecule has 0 saturated heterocycles. The van der Waals surface area contributed by atoms with Crippen molar-refractivity contribution in [2.24, 2.45) is 0 Å². The number of benzene rings is 1. The second kappa shape index (κ2) is 5.23. The highest BCUT2D eigenvalue weighted by atomic mass is 19.1. The van der Waals surface area contributed by atoms with Gasteiger partial charge in [0, 0.05) is 25.2 Å². The Hall–Kier alpha value is -2.31. The lowest BCUT2D eigenvalue weighted by Crippen LogP contribution is -2.15. The summed E-state index contributed by atoms with van der Waals surface area (Å²) in [6, 6.07) is 3.49. The summed E-state index contributed by atoms with van der Waals surface area (Å²) in [6.07, 6.45) is 0.713. The number of anilines is 3. The van der Waals surface area contributed by atoms with Crippen molar-refractivity contribution in [3.05, 3.63) is 29.2 Å². The van der Waals surface area contributed by atoms with Crippen LogP contribution in [0, 0.1) is 12.7 Å². The number of halogens is 1. The van der Waals surface area contributed by atoms with Crippen LogP contribution in [-0.2, 0) is 6.42 Å². The second-order valence-corrected chi connectivity index (χ2v) is 4.83. The van der Waals surface area contributed by atoms with Gasteiger partial charge in [0.25, 0.3) is 0 Å². The van der Waals surface area contributed by atoms with Crippen LogP contribution < -0.4 is 20.8 Å². The van der Waals surface area contributed by atoms with E-state index in [4.69, 9.17) is 12.6 Å². The summed E-state index contributed by atoms with van der Waals surface area (Å²) >= 11 is 0. The SMILES string of the molecule is [B]c1c(F)c(Nc2nc(C)cc(NC)n2)cc2c1OCC2. The van der Waals surface area contributed by atoms with Gasteiger partial charge in [0.2, 0.25) is 5.95 Å². The fraction of sp³-hybridized carbons (Fsp3) is 0.286. The maximum atomic E-state index is 14.3. The molecule has 1 aliphatic heterocycles. The third-order valence-electron chi connectivity index (χ3n) is 3.30. The number of hydrogen-bond donors (Lipinski definition) is 2. The zero-order chi connectivity index (χ0) is 15.0. The minimum Gasteiger partial charge on any atom is -0.493 e. The van der Waals surface area contributed by atoms with E-state index in [1.54, 1.807) is 19.2 Å².